The summed E-state index contributed by atoms with van der Waals surface area (Å²) in [6.07, 6.45) is 0. The summed E-state index contributed by atoms with van der Waals surface area (Å²) in [5.74, 6) is 0. The fourth-order valence-electron chi connectivity index (χ4n) is 5.84. The second kappa shape index (κ2) is 13.3. The predicted molar refractivity (Wildman–Crippen MR) is 186 cm³/mol. The van der Waals surface area contributed by atoms with Gasteiger partial charge in [-0.3, -0.25) is 0 Å². The van der Waals surface area contributed by atoms with Gasteiger partial charge in [0.15, 0.2) is 0 Å². The first kappa shape index (κ1) is 29.4. The van der Waals surface area contributed by atoms with E-state index >= 15 is 0 Å². The smallest absolute Gasteiger partial charge is 0.310 e. The number of benzene rings is 6. The molecule has 0 aliphatic carbocycles. The van der Waals surface area contributed by atoms with Crippen LogP contribution in [0.15, 0.2) is 142 Å². The summed E-state index contributed by atoms with van der Waals surface area (Å²) in [5, 5.41) is 7.07. The van der Waals surface area contributed by atoms with E-state index in [0.29, 0.717) is 0 Å². The normalized spacial score (nSPS) is 12.8. The highest BCUT2D eigenvalue weighted by molar-refractivity contribution is 7.39. The number of halogens is 2. The highest BCUT2D eigenvalue weighted by Gasteiger charge is 2.29. The summed E-state index contributed by atoms with van der Waals surface area (Å²) in [5.41, 5.74) is 4.15. The molecule has 0 radical (unpaired) electrons. The highest BCUT2D eigenvalue weighted by atomic mass is 35.5. The van der Waals surface area contributed by atoms with Gasteiger partial charge >= 0.3 is 8.16 Å². The van der Waals surface area contributed by atoms with E-state index < -0.39 is 8.16 Å². The van der Waals surface area contributed by atoms with Gasteiger partial charge < -0.3 is 8.39 Å². The molecule has 0 amide bonds. The lowest BCUT2D eigenvalue weighted by atomic mass is 9.99. The van der Waals surface area contributed by atoms with Crippen LogP contribution in [-0.2, 0) is 0 Å². The molecule has 0 aliphatic rings. The molecule has 6 heteroatoms. The SMILES string of the molecule is CC(c1ccccc1)N(C(C)c1ccccc1)p1oc2ccc3ccccc3c2c2c(ccc3ccccc32)o1.ClCCl. The molecule has 7 aromatic rings. The summed E-state index contributed by atoms with van der Waals surface area (Å²) in [6, 6.07) is 47.0. The lowest BCUT2D eigenvalue weighted by Gasteiger charge is -2.31. The average Bonchev–Trinajstić information content (AvgIpc) is 3.23. The van der Waals surface area contributed by atoms with Crippen LogP contribution in [0, 0.1) is 0 Å². The average molecular weight is 625 g/mol. The molecule has 7 rings (SSSR count). The maximum Gasteiger partial charge on any atom is 0.310 e. The van der Waals surface area contributed by atoms with Gasteiger partial charge in [0.05, 0.1) is 5.34 Å². The lowest BCUT2D eigenvalue weighted by molar-refractivity contribution is 0.558. The van der Waals surface area contributed by atoms with Gasteiger partial charge in [-0.1, -0.05) is 121 Å². The molecule has 0 spiro atoms. The molecule has 2 atom stereocenters. The van der Waals surface area contributed by atoms with Gasteiger partial charge in [0, 0.05) is 22.9 Å². The Kier molecular flexibility index (Phi) is 9.07. The maximum atomic E-state index is 7.01. The van der Waals surface area contributed by atoms with Crippen molar-refractivity contribution in [2.24, 2.45) is 0 Å². The number of alkyl halides is 2. The first-order chi connectivity index (χ1) is 21.1. The molecule has 0 aliphatic heterocycles. The van der Waals surface area contributed by atoms with Crippen molar-refractivity contribution in [1.29, 1.82) is 0 Å². The van der Waals surface area contributed by atoms with Gasteiger partial charge in [-0.25, -0.2) is 0 Å². The molecule has 0 bridgehead atoms. The topological polar surface area (TPSA) is 29.5 Å². The molecule has 216 valence electrons. The van der Waals surface area contributed by atoms with E-state index in [4.69, 9.17) is 31.6 Å². The number of fused-ring (bicyclic) bond motifs is 7. The molecule has 1 heterocycles. The third-order valence-electron chi connectivity index (χ3n) is 7.93. The van der Waals surface area contributed by atoms with Crippen molar-refractivity contribution in [3.63, 3.8) is 0 Å². The van der Waals surface area contributed by atoms with Gasteiger partial charge in [0.1, 0.15) is 11.2 Å². The quantitative estimate of drug-likeness (QED) is 0.179. The summed E-state index contributed by atoms with van der Waals surface area (Å²) in [6.45, 7) is 4.49. The predicted octanol–water partition coefficient (Wildman–Crippen LogP) is 12.5. The molecule has 0 fully saturated rings. The van der Waals surface area contributed by atoms with Gasteiger partial charge in [-0.15, -0.1) is 23.2 Å². The van der Waals surface area contributed by atoms with Crippen molar-refractivity contribution < 1.29 is 8.39 Å². The molecule has 0 N–H and O–H groups in total. The van der Waals surface area contributed by atoms with Crippen molar-refractivity contribution in [2.75, 3.05) is 10.0 Å². The molecule has 2 unspecified atom stereocenters. The molecular formula is C37H32Cl2NO2P. The molecule has 0 saturated heterocycles. The second-order valence-corrected chi connectivity index (χ2v) is 12.5. The zero-order chi connectivity index (χ0) is 29.8. The minimum Gasteiger partial charge on any atom is -0.408 e. The number of rotatable bonds is 5. The molecular weight excluding hydrogens is 592 g/mol. The van der Waals surface area contributed by atoms with Crippen LogP contribution in [0.5, 0.6) is 0 Å². The maximum absolute atomic E-state index is 7.01. The van der Waals surface area contributed by atoms with E-state index in [2.05, 4.69) is 152 Å². The van der Waals surface area contributed by atoms with E-state index in [1.165, 1.54) is 21.9 Å². The third-order valence-corrected chi connectivity index (χ3v) is 9.71. The summed E-state index contributed by atoms with van der Waals surface area (Å²) in [4.78, 5) is 0. The molecule has 6 aromatic carbocycles. The van der Waals surface area contributed by atoms with Gasteiger partial charge in [0.2, 0.25) is 0 Å². The largest absolute Gasteiger partial charge is 0.408 e. The van der Waals surface area contributed by atoms with Crippen molar-refractivity contribution in [2.45, 2.75) is 25.9 Å². The summed E-state index contributed by atoms with van der Waals surface area (Å²) in [7, 11) is -1.54. The van der Waals surface area contributed by atoms with Gasteiger partial charge in [0.25, 0.3) is 0 Å². The highest BCUT2D eigenvalue weighted by Crippen LogP contribution is 2.47. The Hall–Kier alpha value is -3.72. The van der Waals surface area contributed by atoms with Crippen molar-refractivity contribution in [3.8, 4) is 0 Å². The van der Waals surface area contributed by atoms with Crippen LogP contribution in [0.1, 0.15) is 37.1 Å². The molecule has 1 aromatic heterocycles. The second-order valence-electron chi connectivity index (χ2n) is 10.4. The molecule has 3 nitrogen and oxygen atoms in total. The van der Waals surface area contributed by atoms with Crippen molar-refractivity contribution in [3.05, 3.63) is 145 Å². The van der Waals surface area contributed by atoms with Crippen LogP contribution in [0.2, 0.25) is 0 Å². The third kappa shape index (κ3) is 5.92. The van der Waals surface area contributed by atoms with Crippen LogP contribution >= 0.6 is 31.4 Å². The van der Waals surface area contributed by atoms with E-state index in [0.717, 1.165) is 32.7 Å². The monoisotopic (exact) mass is 623 g/mol. The number of hydrogen-bond donors (Lipinski definition) is 0. The number of nitrogens with zero attached hydrogens (tertiary/aromatic N) is 1. The number of hydrogen-bond acceptors (Lipinski definition) is 3. The van der Waals surface area contributed by atoms with E-state index in [-0.39, 0.29) is 17.4 Å². The van der Waals surface area contributed by atoms with Gasteiger partial charge in [-0.2, -0.15) is 4.67 Å². The van der Waals surface area contributed by atoms with Crippen LogP contribution in [-0.4, -0.2) is 5.34 Å². The van der Waals surface area contributed by atoms with Gasteiger partial charge in [-0.05, 0) is 58.7 Å². The zero-order valence-electron chi connectivity index (χ0n) is 24.0. The van der Waals surface area contributed by atoms with E-state index in [9.17, 15) is 0 Å². The standard InChI is InChI=1S/C36H30NO2P.CH2Cl2/c1-25(27-13-5-3-6-14-27)37(26(2)28-15-7-4-8-16-28)40-38-33-23-21-29-17-9-11-19-31(29)35(33)36-32-20-12-10-18-30(32)22-24-34(36)39-40;2-1-3/h3-26H,1-2H3;1H2. The fraction of sp³-hybridized carbons (Fsp3) is 0.135. The van der Waals surface area contributed by atoms with E-state index in [1.807, 2.05) is 0 Å². The summed E-state index contributed by atoms with van der Waals surface area (Å²) < 4.78 is 16.4. The Bertz CT molecular complexity index is 1890. The van der Waals surface area contributed by atoms with Crippen LogP contribution in [0.4, 0.5) is 0 Å². The van der Waals surface area contributed by atoms with Crippen molar-refractivity contribution in [1.82, 2.24) is 0 Å². The minimum absolute atomic E-state index is 0.0495. The summed E-state index contributed by atoms with van der Waals surface area (Å²) >= 11 is 9.53. The Balaban J connectivity index is 0.00000105. The van der Waals surface area contributed by atoms with Crippen molar-refractivity contribution >= 4 is 74.8 Å². The Morgan fingerprint density at radius 3 is 1.33 bits per heavy atom. The first-order valence-electron chi connectivity index (χ1n) is 14.3. The molecule has 43 heavy (non-hydrogen) atoms. The van der Waals surface area contributed by atoms with Crippen LogP contribution in [0.25, 0.3) is 43.5 Å². The minimum atomic E-state index is -1.54. The van der Waals surface area contributed by atoms with E-state index in [1.54, 1.807) is 0 Å². The van der Waals surface area contributed by atoms with Crippen LogP contribution in [0.3, 0.4) is 0 Å². The fourth-order valence-corrected chi connectivity index (χ4v) is 7.54. The Labute approximate surface area is 262 Å². The lowest BCUT2D eigenvalue weighted by Crippen LogP contribution is -2.27. The Morgan fingerprint density at radius 2 is 0.907 bits per heavy atom. The zero-order valence-corrected chi connectivity index (χ0v) is 26.4. The Morgan fingerprint density at radius 1 is 0.535 bits per heavy atom. The van der Waals surface area contributed by atoms with Crippen LogP contribution < -0.4 is 4.67 Å². The first-order valence-corrected chi connectivity index (χ1v) is 16.5. The molecule has 0 saturated carbocycles.